The second-order valence-corrected chi connectivity index (χ2v) is 12.9. The van der Waals surface area contributed by atoms with Crippen molar-refractivity contribution in [3.63, 3.8) is 0 Å². The molecule has 0 radical (unpaired) electrons. The van der Waals surface area contributed by atoms with Crippen molar-refractivity contribution in [3.05, 3.63) is 77.9 Å². The lowest BCUT2D eigenvalue weighted by molar-refractivity contribution is -0.185. The Kier molecular flexibility index (Phi) is 11.0. The Morgan fingerprint density at radius 3 is 2.24 bits per heavy atom. The number of benzene rings is 2. The van der Waals surface area contributed by atoms with Crippen LogP contribution in [0.4, 0.5) is 0 Å². The van der Waals surface area contributed by atoms with Crippen molar-refractivity contribution in [2.24, 2.45) is 17.3 Å². The molecule has 0 bridgehead atoms. The number of nitrogens with one attached hydrogen (secondary N) is 2. The van der Waals surface area contributed by atoms with Crippen molar-refractivity contribution in [1.82, 2.24) is 10.6 Å². The van der Waals surface area contributed by atoms with Gasteiger partial charge in [-0.05, 0) is 55.5 Å². The summed E-state index contributed by atoms with van der Waals surface area (Å²) in [6.07, 6.45) is 1.28. The summed E-state index contributed by atoms with van der Waals surface area (Å²) in [6, 6.07) is 14.8. The predicted octanol–water partition coefficient (Wildman–Crippen LogP) is 4.34. The smallest absolute Gasteiger partial charge is 0.347 e. The average Bonchev–Trinajstić information content (AvgIpc) is 2.97. The Morgan fingerprint density at radius 1 is 0.933 bits per heavy atom. The zero-order valence-corrected chi connectivity index (χ0v) is 26.5. The fourth-order valence-electron chi connectivity index (χ4n) is 5.47. The van der Waals surface area contributed by atoms with Crippen LogP contribution in [0.5, 0.6) is 5.75 Å². The normalized spacial score (nSPS) is 27.7. The van der Waals surface area contributed by atoms with Gasteiger partial charge in [-0.15, -0.1) is 0 Å². The number of phenols is 1. The van der Waals surface area contributed by atoms with Crippen LogP contribution in [0.3, 0.4) is 0 Å². The van der Waals surface area contributed by atoms with Gasteiger partial charge in [0.25, 0.3) is 0 Å². The van der Waals surface area contributed by atoms with Gasteiger partial charge in [0.15, 0.2) is 6.10 Å². The number of ether oxygens (including phenoxy) is 3. The predicted molar refractivity (Wildman–Crippen MR) is 167 cm³/mol. The molecule has 2 aliphatic heterocycles. The first-order chi connectivity index (χ1) is 21.4. The molecule has 2 amide bonds. The van der Waals surface area contributed by atoms with Crippen LogP contribution in [0.1, 0.15) is 70.5 Å². The van der Waals surface area contributed by atoms with Crippen molar-refractivity contribution in [2.75, 3.05) is 13.2 Å². The van der Waals surface area contributed by atoms with Crippen molar-refractivity contribution >= 4 is 23.8 Å². The van der Waals surface area contributed by atoms with Crippen LogP contribution in [0.15, 0.2) is 66.7 Å². The van der Waals surface area contributed by atoms with Crippen LogP contribution in [0.2, 0.25) is 0 Å². The van der Waals surface area contributed by atoms with E-state index in [0.717, 1.165) is 5.56 Å². The van der Waals surface area contributed by atoms with Gasteiger partial charge in [-0.1, -0.05) is 69.3 Å². The average molecular weight is 621 g/mol. The highest BCUT2D eigenvalue weighted by Gasteiger charge is 2.43. The van der Waals surface area contributed by atoms with E-state index in [1.54, 1.807) is 19.9 Å². The van der Waals surface area contributed by atoms with Gasteiger partial charge in [0.2, 0.25) is 11.8 Å². The van der Waals surface area contributed by atoms with E-state index in [9.17, 15) is 24.3 Å². The van der Waals surface area contributed by atoms with Gasteiger partial charge in [0, 0.05) is 24.8 Å². The third kappa shape index (κ3) is 8.72. The summed E-state index contributed by atoms with van der Waals surface area (Å²) < 4.78 is 17.8. The lowest BCUT2D eigenvalue weighted by Gasteiger charge is -2.43. The van der Waals surface area contributed by atoms with E-state index in [1.807, 2.05) is 51.1 Å². The van der Waals surface area contributed by atoms with E-state index < -0.39 is 47.4 Å². The number of carbonyl (C=O) groups excluding carboxylic acids is 4. The van der Waals surface area contributed by atoms with Crippen molar-refractivity contribution < 1.29 is 38.5 Å². The van der Waals surface area contributed by atoms with Crippen molar-refractivity contribution in [3.8, 4) is 5.75 Å². The fraction of sp³-hybridized carbons (Fsp3) is 0.486. The molecule has 0 aliphatic carbocycles. The molecule has 4 rings (SSSR count). The molecule has 10 heteroatoms. The molecule has 2 aromatic rings. The standard InChI is InChI=1S/C35H44N2O8/c1-21(2)18-28-33(41)44-27(22(3)31-26(19-43-31)23-10-7-6-8-11-23)12-9-13-29(39)37-30(24-14-16-25(38)17-15-24)32(40)36-20-35(4,5)34(42)45-28/h6-11,13-17,21-22,26-28,30-31,38H,12,18-20H2,1-5H3,(H,36,40)(H,37,39)/b13-9+/t22-,26?,27-,28-,30+,31?/m0/s1. The summed E-state index contributed by atoms with van der Waals surface area (Å²) in [5.74, 6) is -2.53. The molecular weight excluding hydrogens is 576 g/mol. The minimum absolute atomic E-state index is 0.0121. The van der Waals surface area contributed by atoms with E-state index in [0.29, 0.717) is 12.2 Å². The van der Waals surface area contributed by atoms with Crippen molar-refractivity contribution in [2.45, 2.75) is 77.7 Å². The molecule has 2 unspecified atom stereocenters. The van der Waals surface area contributed by atoms with Gasteiger partial charge in [-0.3, -0.25) is 14.4 Å². The number of hydrogen-bond donors (Lipinski definition) is 3. The molecule has 0 aromatic heterocycles. The molecule has 0 saturated carbocycles. The van der Waals surface area contributed by atoms with Crippen molar-refractivity contribution in [1.29, 1.82) is 0 Å². The van der Waals surface area contributed by atoms with Gasteiger partial charge in [-0.25, -0.2) is 4.79 Å². The van der Waals surface area contributed by atoms with Gasteiger partial charge in [-0.2, -0.15) is 0 Å². The molecule has 2 aliphatic rings. The number of hydrogen-bond acceptors (Lipinski definition) is 8. The first kappa shape index (κ1) is 33.7. The molecular formula is C35H44N2O8. The van der Waals surface area contributed by atoms with E-state index in [4.69, 9.17) is 14.2 Å². The van der Waals surface area contributed by atoms with Crippen LogP contribution in [0.25, 0.3) is 0 Å². The highest BCUT2D eigenvalue weighted by Crippen LogP contribution is 2.38. The third-order valence-electron chi connectivity index (χ3n) is 8.33. The summed E-state index contributed by atoms with van der Waals surface area (Å²) in [5, 5.41) is 15.2. The SMILES string of the molecule is CC(C)C[C@@H]1OC(=O)C(C)(C)CNC(=O)[C@@H](c2ccc(O)cc2)NC(=O)/C=C/C[C@@H]([C@H](C)C2OCC2c2ccccc2)OC1=O. The quantitative estimate of drug-likeness (QED) is 0.406. The molecule has 45 heavy (non-hydrogen) atoms. The molecule has 0 spiro atoms. The maximum Gasteiger partial charge on any atom is 0.347 e. The fourth-order valence-corrected chi connectivity index (χ4v) is 5.47. The molecule has 2 aromatic carbocycles. The zero-order chi connectivity index (χ0) is 32.7. The maximum absolute atomic E-state index is 13.6. The number of carbonyl (C=O) groups is 4. The number of amides is 2. The van der Waals surface area contributed by atoms with Gasteiger partial charge in [0.1, 0.15) is 17.9 Å². The molecule has 242 valence electrons. The van der Waals surface area contributed by atoms with E-state index in [2.05, 4.69) is 10.6 Å². The molecule has 10 nitrogen and oxygen atoms in total. The molecule has 1 fully saturated rings. The second-order valence-electron chi connectivity index (χ2n) is 12.9. The highest BCUT2D eigenvalue weighted by atomic mass is 16.6. The first-order valence-corrected chi connectivity index (χ1v) is 15.5. The summed E-state index contributed by atoms with van der Waals surface area (Å²) in [6.45, 7) is 9.43. The Bertz CT molecular complexity index is 1370. The number of rotatable bonds is 6. The summed E-state index contributed by atoms with van der Waals surface area (Å²) >= 11 is 0. The van der Waals surface area contributed by atoms with E-state index in [-0.39, 0.29) is 49.0 Å². The minimum atomic E-state index is -1.21. The largest absolute Gasteiger partial charge is 0.508 e. The van der Waals surface area contributed by atoms with Crippen LogP contribution in [-0.2, 0) is 33.4 Å². The van der Waals surface area contributed by atoms with Gasteiger partial charge < -0.3 is 30.0 Å². The molecule has 6 atom stereocenters. The number of phenolic OH excluding ortho intramolecular Hbond substituents is 1. The Balaban J connectivity index is 1.65. The topological polar surface area (TPSA) is 140 Å². The summed E-state index contributed by atoms with van der Waals surface area (Å²) in [5.41, 5.74) is 0.364. The van der Waals surface area contributed by atoms with E-state index >= 15 is 0 Å². The molecule has 3 N–H and O–H groups in total. The first-order valence-electron chi connectivity index (χ1n) is 15.5. The molecule has 2 heterocycles. The Labute approximate surface area is 264 Å². The van der Waals surface area contributed by atoms with Gasteiger partial charge in [0.05, 0.1) is 18.1 Å². The Hall–Kier alpha value is -4.18. The third-order valence-corrected chi connectivity index (χ3v) is 8.33. The Morgan fingerprint density at radius 2 is 1.62 bits per heavy atom. The number of esters is 2. The monoisotopic (exact) mass is 620 g/mol. The van der Waals surface area contributed by atoms with E-state index in [1.165, 1.54) is 30.3 Å². The van der Waals surface area contributed by atoms with Crippen LogP contribution >= 0.6 is 0 Å². The summed E-state index contributed by atoms with van der Waals surface area (Å²) in [4.78, 5) is 53.4. The van der Waals surface area contributed by atoms with Crippen LogP contribution < -0.4 is 10.6 Å². The lowest BCUT2D eigenvalue weighted by Crippen LogP contribution is -2.48. The lowest BCUT2D eigenvalue weighted by atomic mass is 9.80. The summed E-state index contributed by atoms with van der Waals surface area (Å²) in [7, 11) is 0. The molecule has 1 saturated heterocycles. The minimum Gasteiger partial charge on any atom is -0.508 e. The zero-order valence-electron chi connectivity index (χ0n) is 26.5. The van der Waals surface area contributed by atoms with Crippen LogP contribution in [0, 0.1) is 17.3 Å². The maximum atomic E-state index is 13.6. The highest BCUT2D eigenvalue weighted by molar-refractivity contribution is 5.93. The number of aromatic hydroxyl groups is 1. The second kappa shape index (κ2) is 14.7. The number of cyclic esters (lactones) is 2. The van der Waals surface area contributed by atoms with Gasteiger partial charge >= 0.3 is 11.9 Å². The van der Waals surface area contributed by atoms with Crippen LogP contribution in [-0.4, -0.2) is 60.3 Å².